The number of carbonyl (C=O) groups is 1. The number of nitrogens with zero attached hydrogens (tertiary/aromatic N) is 1. The van der Waals surface area contributed by atoms with Crippen LogP contribution in [0.5, 0.6) is 0 Å². The molecule has 0 saturated carbocycles. The first-order valence-corrected chi connectivity index (χ1v) is 6.76. The third-order valence-electron chi connectivity index (χ3n) is 3.48. The third-order valence-corrected chi connectivity index (χ3v) is 3.48. The van der Waals surface area contributed by atoms with Crippen LogP contribution in [-0.2, 0) is 6.18 Å². The molecule has 0 bridgehead atoms. The van der Waals surface area contributed by atoms with E-state index >= 15 is 0 Å². The molecule has 1 fully saturated rings. The third kappa shape index (κ3) is 3.68. The number of benzene rings is 1. The second kappa shape index (κ2) is 6.12. The standard InChI is InChI=1S/C14H16F4N2O2/c1-8(21)5-19-13(22)20-6-10(7-20)9-2-3-12(15)11(4-9)14(16,17)18/h2-4,8,10,21H,5-7H2,1H3,(H,19,22)/t8-/m1/s1. The number of aliphatic hydroxyl groups is 1. The molecular formula is C14H16F4N2O2. The Morgan fingerprint density at radius 3 is 2.64 bits per heavy atom. The summed E-state index contributed by atoms with van der Waals surface area (Å²) in [5, 5.41) is 11.6. The fraction of sp³-hybridized carbons (Fsp3) is 0.500. The second-order valence-electron chi connectivity index (χ2n) is 5.37. The van der Waals surface area contributed by atoms with Crippen LogP contribution in [0.3, 0.4) is 0 Å². The highest BCUT2D eigenvalue weighted by Gasteiger charge is 2.37. The lowest BCUT2D eigenvalue weighted by Gasteiger charge is -2.39. The first kappa shape index (κ1) is 16.5. The molecule has 4 nitrogen and oxygen atoms in total. The molecule has 1 aliphatic rings. The zero-order chi connectivity index (χ0) is 16.5. The zero-order valence-corrected chi connectivity index (χ0v) is 11.8. The molecule has 8 heteroatoms. The summed E-state index contributed by atoms with van der Waals surface area (Å²) in [7, 11) is 0. The number of aliphatic hydroxyl groups excluding tert-OH is 1. The lowest BCUT2D eigenvalue weighted by atomic mass is 9.90. The van der Waals surface area contributed by atoms with E-state index in [1.54, 1.807) is 0 Å². The van der Waals surface area contributed by atoms with Gasteiger partial charge in [0.05, 0.1) is 11.7 Å². The molecule has 2 N–H and O–H groups in total. The van der Waals surface area contributed by atoms with Gasteiger partial charge in [-0.25, -0.2) is 9.18 Å². The van der Waals surface area contributed by atoms with Gasteiger partial charge in [-0.1, -0.05) is 6.07 Å². The van der Waals surface area contributed by atoms with Crippen molar-refractivity contribution >= 4 is 6.03 Å². The molecule has 2 rings (SSSR count). The molecule has 0 aromatic heterocycles. The smallest absolute Gasteiger partial charge is 0.392 e. The van der Waals surface area contributed by atoms with Crippen molar-refractivity contribution in [2.24, 2.45) is 0 Å². The van der Waals surface area contributed by atoms with Gasteiger partial charge in [0.15, 0.2) is 0 Å². The maximum Gasteiger partial charge on any atom is 0.419 e. The number of nitrogens with one attached hydrogen (secondary N) is 1. The summed E-state index contributed by atoms with van der Waals surface area (Å²) in [5.41, 5.74) is -0.935. The van der Waals surface area contributed by atoms with E-state index in [1.165, 1.54) is 17.9 Å². The maximum absolute atomic E-state index is 13.2. The van der Waals surface area contributed by atoms with Crippen LogP contribution >= 0.6 is 0 Å². The summed E-state index contributed by atoms with van der Waals surface area (Å²) in [6.45, 7) is 2.15. The van der Waals surface area contributed by atoms with Crippen molar-refractivity contribution < 1.29 is 27.5 Å². The van der Waals surface area contributed by atoms with E-state index in [0.29, 0.717) is 5.56 Å². The quantitative estimate of drug-likeness (QED) is 0.840. The normalized spacial score (nSPS) is 17.1. The Bertz CT molecular complexity index is 554. The Labute approximate surface area is 124 Å². The van der Waals surface area contributed by atoms with Crippen LogP contribution in [-0.4, -0.2) is 41.8 Å². The van der Waals surface area contributed by atoms with Crippen molar-refractivity contribution in [2.45, 2.75) is 25.1 Å². The van der Waals surface area contributed by atoms with Gasteiger partial charge in [0, 0.05) is 25.6 Å². The summed E-state index contributed by atoms with van der Waals surface area (Å²) in [4.78, 5) is 13.1. The molecule has 0 unspecified atom stereocenters. The highest BCUT2D eigenvalue weighted by molar-refractivity contribution is 5.75. The number of rotatable bonds is 3. The summed E-state index contributed by atoms with van der Waals surface area (Å²) in [6, 6.07) is 2.52. The zero-order valence-electron chi connectivity index (χ0n) is 11.8. The van der Waals surface area contributed by atoms with Gasteiger partial charge < -0.3 is 15.3 Å². The topological polar surface area (TPSA) is 52.6 Å². The van der Waals surface area contributed by atoms with E-state index in [4.69, 9.17) is 5.11 Å². The number of urea groups is 1. The summed E-state index contributed by atoms with van der Waals surface area (Å²) < 4.78 is 51.2. The fourth-order valence-electron chi connectivity index (χ4n) is 2.22. The van der Waals surface area contributed by atoms with E-state index in [1.807, 2.05) is 0 Å². The van der Waals surface area contributed by atoms with Crippen LogP contribution in [0, 0.1) is 5.82 Å². The van der Waals surface area contributed by atoms with Gasteiger partial charge in [-0.15, -0.1) is 0 Å². The van der Waals surface area contributed by atoms with Gasteiger partial charge in [-0.2, -0.15) is 13.2 Å². The largest absolute Gasteiger partial charge is 0.419 e. The molecule has 1 heterocycles. The van der Waals surface area contributed by atoms with Crippen LogP contribution in [0.25, 0.3) is 0 Å². The van der Waals surface area contributed by atoms with Crippen LogP contribution in [0.1, 0.15) is 24.0 Å². The molecule has 22 heavy (non-hydrogen) atoms. The lowest BCUT2D eigenvalue weighted by Crippen LogP contribution is -2.53. The Morgan fingerprint density at radius 2 is 2.09 bits per heavy atom. The molecule has 1 aliphatic heterocycles. The number of alkyl halides is 3. The Kier molecular flexibility index (Phi) is 4.60. The molecule has 0 spiro atoms. The van der Waals surface area contributed by atoms with Crippen molar-refractivity contribution in [3.8, 4) is 0 Å². The highest BCUT2D eigenvalue weighted by Crippen LogP contribution is 2.35. The minimum absolute atomic E-state index is 0.106. The van der Waals surface area contributed by atoms with Crippen molar-refractivity contribution in [3.05, 3.63) is 35.1 Å². The predicted octanol–water partition coefficient (Wildman–Crippen LogP) is 2.33. The van der Waals surface area contributed by atoms with E-state index in [2.05, 4.69) is 5.32 Å². The number of carbonyl (C=O) groups excluding carboxylic acids is 1. The van der Waals surface area contributed by atoms with Gasteiger partial charge >= 0.3 is 12.2 Å². The minimum Gasteiger partial charge on any atom is -0.392 e. The van der Waals surface area contributed by atoms with E-state index < -0.39 is 23.7 Å². The molecule has 122 valence electrons. The maximum atomic E-state index is 13.2. The first-order chi connectivity index (χ1) is 10.2. The predicted molar refractivity (Wildman–Crippen MR) is 70.8 cm³/mol. The van der Waals surface area contributed by atoms with Crippen LogP contribution in [0.4, 0.5) is 22.4 Å². The van der Waals surface area contributed by atoms with Gasteiger partial charge in [-0.05, 0) is 24.6 Å². The molecule has 1 saturated heterocycles. The van der Waals surface area contributed by atoms with Gasteiger partial charge in [0.25, 0.3) is 0 Å². The second-order valence-corrected chi connectivity index (χ2v) is 5.37. The number of likely N-dealkylation sites (tertiary alicyclic amines) is 1. The Balaban J connectivity index is 1.98. The SMILES string of the molecule is C[C@@H](O)CNC(=O)N1CC(c2ccc(F)c(C(F)(F)F)c2)C1. The Hall–Kier alpha value is -1.83. The van der Waals surface area contributed by atoms with Crippen molar-refractivity contribution in [1.82, 2.24) is 10.2 Å². The van der Waals surface area contributed by atoms with Crippen LogP contribution in [0.2, 0.25) is 0 Å². The van der Waals surface area contributed by atoms with Gasteiger partial charge in [0.2, 0.25) is 0 Å². The van der Waals surface area contributed by atoms with Crippen molar-refractivity contribution in [1.29, 1.82) is 0 Å². The summed E-state index contributed by atoms with van der Waals surface area (Å²) in [5.74, 6) is -1.55. The van der Waals surface area contributed by atoms with E-state index in [-0.39, 0.29) is 31.6 Å². The van der Waals surface area contributed by atoms with Gasteiger partial charge in [-0.3, -0.25) is 0 Å². The lowest BCUT2D eigenvalue weighted by molar-refractivity contribution is -0.140. The van der Waals surface area contributed by atoms with E-state index in [0.717, 1.165) is 12.1 Å². The molecule has 1 aromatic carbocycles. The monoisotopic (exact) mass is 320 g/mol. The fourth-order valence-corrected chi connectivity index (χ4v) is 2.22. The van der Waals surface area contributed by atoms with E-state index in [9.17, 15) is 22.4 Å². The van der Waals surface area contributed by atoms with Crippen molar-refractivity contribution in [2.75, 3.05) is 19.6 Å². The van der Waals surface area contributed by atoms with Crippen LogP contribution < -0.4 is 5.32 Å². The Morgan fingerprint density at radius 1 is 1.45 bits per heavy atom. The summed E-state index contributed by atoms with van der Waals surface area (Å²) >= 11 is 0. The molecule has 2 amide bonds. The number of halogens is 4. The average molecular weight is 320 g/mol. The number of hydrogen-bond acceptors (Lipinski definition) is 2. The van der Waals surface area contributed by atoms with Gasteiger partial charge in [0.1, 0.15) is 5.82 Å². The van der Waals surface area contributed by atoms with Crippen LogP contribution in [0.15, 0.2) is 18.2 Å². The molecule has 0 aliphatic carbocycles. The summed E-state index contributed by atoms with van der Waals surface area (Å²) in [6.07, 6.45) is -5.41. The molecule has 0 radical (unpaired) electrons. The minimum atomic E-state index is -4.74. The average Bonchev–Trinajstić information content (AvgIpc) is 2.35. The number of amides is 2. The molecule has 1 atom stereocenters. The number of hydrogen-bond donors (Lipinski definition) is 2. The highest BCUT2D eigenvalue weighted by atomic mass is 19.4. The first-order valence-electron chi connectivity index (χ1n) is 6.76. The molecule has 1 aromatic rings. The van der Waals surface area contributed by atoms with Crippen molar-refractivity contribution in [3.63, 3.8) is 0 Å². The molecular weight excluding hydrogens is 304 g/mol.